The molecule has 3 nitrogen and oxygen atoms in total. The SMILES string of the molecule is CCCC(CNCC)N1CC2CCCCN2CC1C. The van der Waals surface area contributed by atoms with E-state index in [2.05, 4.69) is 35.9 Å². The average Bonchev–Trinajstić information content (AvgIpc) is 2.43. The Labute approximate surface area is 119 Å². The molecule has 0 aliphatic carbocycles. The summed E-state index contributed by atoms with van der Waals surface area (Å²) in [6.45, 7) is 13.2. The first-order chi connectivity index (χ1) is 9.26. The smallest absolute Gasteiger partial charge is 0.0224 e. The van der Waals surface area contributed by atoms with Gasteiger partial charge in [0.05, 0.1) is 0 Å². The number of piperidine rings is 1. The standard InChI is InChI=1S/C16H33N3/c1-4-8-15(11-17-5-2)19-13-16-9-6-7-10-18(16)12-14(19)3/h14-17H,4-13H2,1-3H3. The van der Waals surface area contributed by atoms with E-state index in [1.165, 1.54) is 58.3 Å². The molecule has 0 amide bonds. The summed E-state index contributed by atoms with van der Waals surface area (Å²) in [5, 5.41) is 3.57. The van der Waals surface area contributed by atoms with Crippen molar-refractivity contribution in [1.82, 2.24) is 15.1 Å². The van der Waals surface area contributed by atoms with Crippen molar-refractivity contribution < 1.29 is 0 Å². The molecule has 3 atom stereocenters. The second kappa shape index (κ2) is 7.61. The molecule has 0 aromatic carbocycles. The molecule has 0 aromatic heterocycles. The molecule has 0 bridgehead atoms. The average molecular weight is 267 g/mol. The third-order valence-corrected chi connectivity index (χ3v) is 4.96. The van der Waals surface area contributed by atoms with Crippen LogP contribution in [0.25, 0.3) is 0 Å². The van der Waals surface area contributed by atoms with E-state index in [-0.39, 0.29) is 0 Å². The summed E-state index contributed by atoms with van der Waals surface area (Å²) in [7, 11) is 0. The van der Waals surface area contributed by atoms with Gasteiger partial charge in [-0.2, -0.15) is 0 Å². The van der Waals surface area contributed by atoms with Crippen molar-refractivity contribution >= 4 is 0 Å². The molecule has 2 heterocycles. The van der Waals surface area contributed by atoms with Crippen molar-refractivity contribution in [3.05, 3.63) is 0 Å². The summed E-state index contributed by atoms with van der Waals surface area (Å²) in [5.74, 6) is 0. The van der Waals surface area contributed by atoms with E-state index in [4.69, 9.17) is 0 Å². The van der Waals surface area contributed by atoms with Gasteiger partial charge in [0.15, 0.2) is 0 Å². The lowest BCUT2D eigenvalue weighted by molar-refractivity contribution is -0.00949. The zero-order valence-corrected chi connectivity index (χ0v) is 13.2. The molecule has 2 aliphatic rings. The number of hydrogen-bond donors (Lipinski definition) is 1. The highest BCUT2D eigenvalue weighted by atomic mass is 15.3. The Morgan fingerprint density at radius 2 is 2.05 bits per heavy atom. The zero-order valence-electron chi connectivity index (χ0n) is 13.2. The van der Waals surface area contributed by atoms with Gasteiger partial charge in [-0.3, -0.25) is 9.80 Å². The van der Waals surface area contributed by atoms with Crippen LogP contribution in [0.1, 0.15) is 52.9 Å². The molecule has 112 valence electrons. The Morgan fingerprint density at radius 1 is 1.21 bits per heavy atom. The minimum atomic E-state index is 0.726. The number of fused-ring (bicyclic) bond motifs is 1. The lowest BCUT2D eigenvalue weighted by atomic mass is 9.95. The summed E-state index contributed by atoms with van der Waals surface area (Å²) in [4.78, 5) is 5.56. The van der Waals surface area contributed by atoms with Gasteiger partial charge in [-0.25, -0.2) is 0 Å². The van der Waals surface area contributed by atoms with Crippen molar-refractivity contribution in [3.8, 4) is 0 Å². The fourth-order valence-corrected chi connectivity index (χ4v) is 3.91. The Balaban J connectivity index is 1.95. The lowest BCUT2D eigenvalue weighted by Crippen LogP contribution is -2.62. The van der Waals surface area contributed by atoms with Gasteiger partial charge < -0.3 is 5.32 Å². The van der Waals surface area contributed by atoms with Crippen LogP contribution in [0.5, 0.6) is 0 Å². The first-order valence-electron chi connectivity index (χ1n) is 8.46. The number of hydrogen-bond acceptors (Lipinski definition) is 3. The van der Waals surface area contributed by atoms with Crippen LogP contribution in [0, 0.1) is 0 Å². The Hall–Kier alpha value is -0.120. The van der Waals surface area contributed by atoms with Gasteiger partial charge in [0.2, 0.25) is 0 Å². The third-order valence-electron chi connectivity index (χ3n) is 4.96. The molecule has 2 saturated heterocycles. The van der Waals surface area contributed by atoms with Crippen LogP contribution >= 0.6 is 0 Å². The van der Waals surface area contributed by atoms with Crippen molar-refractivity contribution in [1.29, 1.82) is 0 Å². The van der Waals surface area contributed by atoms with E-state index in [1.54, 1.807) is 0 Å². The minimum absolute atomic E-state index is 0.726. The summed E-state index contributed by atoms with van der Waals surface area (Å²) in [6, 6.07) is 2.31. The highest BCUT2D eigenvalue weighted by Gasteiger charge is 2.35. The minimum Gasteiger partial charge on any atom is -0.315 e. The molecule has 2 fully saturated rings. The lowest BCUT2D eigenvalue weighted by Gasteiger charge is -2.50. The third kappa shape index (κ3) is 3.93. The molecular formula is C16H33N3. The summed E-state index contributed by atoms with van der Waals surface area (Å²) >= 11 is 0. The number of rotatable bonds is 6. The van der Waals surface area contributed by atoms with E-state index in [0.717, 1.165) is 24.7 Å². The van der Waals surface area contributed by atoms with Gasteiger partial charge in [-0.15, -0.1) is 0 Å². The quantitative estimate of drug-likeness (QED) is 0.797. The molecule has 0 saturated carbocycles. The topological polar surface area (TPSA) is 18.5 Å². The van der Waals surface area contributed by atoms with Gasteiger partial charge >= 0.3 is 0 Å². The van der Waals surface area contributed by atoms with Crippen LogP contribution in [0.3, 0.4) is 0 Å². The van der Waals surface area contributed by atoms with Gasteiger partial charge in [0.25, 0.3) is 0 Å². The molecule has 1 N–H and O–H groups in total. The Bertz CT molecular complexity index is 256. The fourth-order valence-electron chi connectivity index (χ4n) is 3.91. The van der Waals surface area contributed by atoms with Crippen LogP contribution in [0.15, 0.2) is 0 Å². The van der Waals surface area contributed by atoms with E-state index >= 15 is 0 Å². The molecule has 0 aromatic rings. The van der Waals surface area contributed by atoms with E-state index in [0.29, 0.717) is 0 Å². The summed E-state index contributed by atoms with van der Waals surface area (Å²) < 4.78 is 0. The molecule has 0 spiro atoms. The molecule has 3 heteroatoms. The normalized spacial score (nSPS) is 31.1. The number of piperazine rings is 1. The van der Waals surface area contributed by atoms with Crippen LogP contribution in [-0.4, -0.2) is 60.6 Å². The second-order valence-electron chi connectivity index (χ2n) is 6.44. The molecule has 2 aliphatic heterocycles. The van der Waals surface area contributed by atoms with E-state index in [1.807, 2.05) is 0 Å². The molecular weight excluding hydrogens is 234 g/mol. The van der Waals surface area contributed by atoms with Crippen LogP contribution in [0.4, 0.5) is 0 Å². The molecule has 3 unspecified atom stereocenters. The van der Waals surface area contributed by atoms with Crippen molar-refractivity contribution in [2.24, 2.45) is 0 Å². The van der Waals surface area contributed by atoms with Crippen molar-refractivity contribution in [3.63, 3.8) is 0 Å². The fraction of sp³-hybridized carbons (Fsp3) is 1.00. The summed E-state index contributed by atoms with van der Waals surface area (Å²) in [6.07, 6.45) is 6.91. The molecule has 19 heavy (non-hydrogen) atoms. The maximum absolute atomic E-state index is 3.57. The van der Waals surface area contributed by atoms with E-state index < -0.39 is 0 Å². The van der Waals surface area contributed by atoms with Gasteiger partial charge in [0.1, 0.15) is 0 Å². The monoisotopic (exact) mass is 267 g/mol. The summed E-state index contributed by atoms with van der Waals surface area (Å²) in [5.41, 5.74) is 0. The maximum Gasteiger partial charge on any atom is 0.0224 e. The number of likely N-dealkylation sites (N-methyl/N-ethyl adjacent to an activating group) is 1. The van der Waals surface area contributed by atoms with Gasteiger partial charge in [0, 0.05) is 37.8 Å². The van der Waals surface area contributed by atoms with E-state index in [9.17, 15) is 0 Å². The van der Waals surface area contributed by atoms with Gasteiger partial charge in [-0.1, -0.05) is 26.7 Å². The van der Waals surface area contributed by atoms with Crippen molar-refractivity contribution in [2.75, 3.05) is 32.7 Å². The maximum atomic E-state index is 3.57. The number of nitrogens with one attached hydrogen (secondary N) is 1. The van der Waals surface area contributed by atoms with Crippen LogP contribution in [0.2, 0.25) is 0 Å². The predicted octanol–water partition coefficient (Wildman–Crippen LogP) is 2.32. The first-order valence-corrected chi connectivity index (χ1v) is 8.46. The molecule has 2 rings (SSSR count). The largest absolute Gasteiger partial charge is 0.315 e. The number of nitrogens with zero attached hydrogens (tertiary/aromatic N) is 2. The predicted molar refractivity (Wildman–Crippen MR) is 82.6 cm³/mol. The highest BCUT2D eigenvalue weighted by molar-refractivity contribution is 4.92. The van der Waals surface area contributed by atoms with Crippen molar-refractivity contribution in [2.45, 2.75) is 71.0 Å². The Kier molecular flexibility index (Phi) is 6.11. The Morgan fingerprint density at radius 3 is 2.79 bits per heavy atom. The first kappa shape index (κ1) is 15.3. The van der Waals surface area contributed by atoms with Crippen LogP contribution in [-0.2, 0) is 0 Å². The second-order valence-corrected chi connectivity index (χ2v) is 6.44. The molecule has 0 radical (unpaired) electrons. The van der Waals surface area contributed by atoms with Crippen LogP contribution < -0.4 is 5.32 Å². The van der Waals surface area contributed by atoms with Gasteiger partial charge in [-0.05, 0) is 39.3 Å². The highest BCUT2D eigenvalue weighted by Crippen LogP contribution is 2.26. The zero-order chi connectivity index (χ0) is 13.7.